The first kappa shape index (κ1) is 13.4. The van der Waals surface area contributed by atoms with Crippen molar-refractivity contribution in [3.05, 3.63) is 0 Å². The van der Waals surface area contributed by atoms with E-state index in [1.165, 1.54) is 0 Å². The second-order valence-corrected chi connectivity index (χ2v) is 3.93. The summed E-state index contributed by atoms with van der Waals surface area (Å²) in [6.45, 7) is 8.21. The number of hydrogen-bond donors (Lipinski definition) is 2. The van der Waals surface area contributed by atoms with Crippen LogP contribution in [0.25, 0.3) is 0 Å². The monoisotopic (exact) mass is 200 g/mol. The van der Waals surface area contributed by atoms with Crippen LogP contribution in [0.1, 0.15) is 47.0 Å². The molecular weight excluding hydrogens is 176 g/mol. The molecule has 0 heterocycles. The van der Waals surface area contributed by atoms with Gasteiger partial charge in [0.25, 0.3) is 0 Å². The van der Waals surface area contributed by atoms with Crippen LogP contribution in [0, 0.1) is 5.92 Å². The molecule has 0 aliphatic rings. The van der Waals surface area contributed by atoms with Crippen LogP contribution in [0.4, 0.5) is 0 Å². The van der Waals surface area contributed by atoms with Gasteiger partial charge in [-0.25, -0.2) is 0 Å². The lowest BCUT2D eigenvalue weighted by Gasteiger charge is -2.21. The molecule has 0 radical (unpaired) electrons. The van der Waals surface area contributed by atoms with Gasteiger partial charge in [0, 0.05) is 6.04 Å². The van der Waals surface area contributed by atoms with Crippen molar-refractivity contribution in [2.75, 3.05) is 0 Å². The van der Waals surface area contributed by atoms with Crippen molar-refractivity contribution in [1.29, 1.82) is 0 Å². The third-order valence-corrected chi connectivity index (χ3v) is 2.89. The molecule has 2 atom stereocenters. The molecule has 3 N–H and O–H groups in total. The number of hydrogen-bond acceptors (Lipinski definition) is 2. The van der Waals surface area contributed by atoms with Crippen molar-refractivity contribution >= 4 is 5.91 Å². The first-order valence-electron chi connectivity index (χ1n) is 5.62. The number of carbonyl (C=O) groups excluding carboxylic acids is 1. The molecule has 0 fully saturated rings. The fourth-order valence-electron chi connectivity index (χ4n) is 1.30. The van der Waals surface area contributed by atoms with E-state index in [1.807, 2.05) is 6.92 Å². The predicted molar refractivity (Wildman–Crippen MR) is 59.9 cm³/mol. The van der Waals surface area contributed by atoms with Gasteiger partial charge < -0.3 is 11.1 Å². The third kappa shape index (κ3) is 4.09. The van der Waals surface area contributed by atoms with Gasteiger partial charge in [-0.05, 0) is 18.8 Å². The van der Waals surface area contributed by atoms with Crippen LogP contribution in [0.15, 0.2) is 0 Å². The first-order chi connectivity index (χ1) is 6.56. The molecule has 0 aliphatic heterocycles. The van der Waals surface area contributed by atoms with Crippen molar-refractivity contribution in [1.82, 2.24) is 5.32 Å². The smallest absolute Gasteiger partial charge is 0.237 e. The van der Waals surface area contributed by atoms with Crippen LogP contribution in [0.5, 0.6) is 0 Å². The Balaban J connectivity index is 4.06. The van der Waals surface area contributed by atoms with Gasteiger partial charge in [-0.3, -0.25) is 4.79 Å². The molecule has 0 aromatic carbocycles. The second kappa shape index (κ2) is 6.82. The molecule has 0 aromatic heterocycles. The Morgan fingerprint density at radius 3 is 2.07 bits per heavy atom. The molecular formula is C11H24N2O. The maximum absolute atomic E-state index is 11.6. The molecule has 3 nitrogen and oxygen atoms in total. The Morgan fingerprint density at radius 2 is 1.71 bits per heavy atom. The summed E-state index contributed by atoms with van der Waals surface area (Å²) in [5.41, 5.74) is 5.82. The summed E-state index contributed by atoms with van der Waals surface area (Å²) in [6.07, 6.45) is 2.88. The Kier molecular flexibility index (Phi) is 6.54. The fraction of sp³-hybridized carbons (Fsp3) is 0.909. The summed E-state index contributed by atoms with van der Waals surface area (Å²) in [5.74, 6) is 0.248. The SMILES string of the molecule is CCC(CC)NC(=O)C(N)C(C)CC. The molecule has 0 saturated carbocycles. The van der Waals surface area contributed by atoms with Crippen molar-refractivity contribution in [2.45, 2.75) is 59.0 Å². The Morgan fingerprint density at radius 1 is 1.21 bits per heavy atom. The molecule has 1 amide bonds. The lowest BCUT2D eigenvalue weighted by molar-refractivity contribution is -0.124. The molecule has 0 bridgehead atoms. The Bertz CT molecular complexity index is 167. The number of nitrogens with two attached hydrogens (primary N) is 1. The lowest BCUT2D eigenvalue weighted by Crippen LogP contribution is -2.48. The normalized spacial score (nSPS) is 15.3. The zero-order valence-corrected chi connectivity index (χ0v) is 9.84. The fourth-order valence-corrected chi connectivity index (χ4v) is 1.30. The van der Waals surface area contributed by atoms with E-state index in [1.54, 1.807) is 0 Å². The van der Waals surface area contributed by atoms with E-state index in [9.17, 15) is 4.79 Å². The maximum atomic E-state index is 11.6. The first-order valence-corrected chi connectivity index (χ1v) is 5.62. The molecule has 0 saturated heterocycles. The van der Waals surface area contributed by atoms with E-state index in [4.69, 9.17) is 5.73 Å². The summed E-state index contributed by atoms with van der Waals surface area (Å²) in [6, 6.07) is -0.0850. The Hall–Kier alpha value is -0.570. The number of amides is 1. The van der Waals surface area contributed by atoms with E-state index < -0.39 is 0 Å². The van der Waals surface area contributed by atoms with Crippen LogP contribution in [0.2, 0.25) is 0 Å². The van der Waals surface area contributed by atoms with Crippen molar-refractivity contribution in [3.63, 3.8) is 0 Å². The highest BCUT2D eigenvalue weighted by Crippen LogP contribution is 2.06. The summed E-state index contributed by atoms with van der Waals surface area (Å²) in [7, 11) is 0. The zero-order valence-electron chi connectivity index (χ0n) is 9.84. The van der Waals surface area contributed by atoms with Crippen LogP contribution in [0.3, 0.4) is 0 Å². The maximum Gasteiger partial charge on any atom is 0.237 e. The molecule has 0 spiro atoms. The van der Waals surface area contributed by atoms with E-state index in [2.05, 4.69) is 26.1 Å². The van der Waals surface area contributed by atoms with E-state index >= 15 is 0 Å². The molecule has 14 heavy (non-hydrogen) atoms. The minimum absolute atomic E-state index is 0.00644. The molecule has 0 aromatic rings. The van der Waals surface area contributed by atoms with Crippen molar-refractivity contribution in [2.24, 2.45) is 11.7 Å². The summed E-state index contributed by atoms with van der Waals surface area (Å²) < 4.78 is 0. The highest BCUT2D eigenvalue weighted by atomic mass is 16.2. The summed E-state index contributed by atoms with van der Waals surface area (Å²) in [4.78, 5) is 11.6. The van der Waals surface area contributed by atoms with Gasteiger partial charge in [0.05, 0.1) is 6.04 Å². The van der Waals surface area contributed by atoms with Crippen molar-refractivity contribution in [3.8, 4) is 0 Å². The van der Waals surface area contributed by atoms with Gasteiger partial charge in [0.2, 0.25) is 5.91 Å². The van der Waals surface area contributed by atoms with Gasteiger partial charge in [-0.2, -0.15) is 0 Å². The van der Waals surface area contributed by atoms with Gasteiger partial charge in [-0.15, -0.1) is 0 Å². The topological polar surface area (TPSA) is 55.1 Å². The average molecular weight is 200 g/mol. The molecule has 3 heteroatoms. The van der Waals surface area contributed by atoms with Gasteiger partial charge in [-0.1, -0.05) is 34.1 Å². The van der Waals surface area contributed by atoms with Crippen LogP contribution in [-0.4, -0.2) is 18.0 Å². The second-order valence-electron chi connectivity index (χ2n) is 3.93. The van der Waals surface area contributed by atoms with Crippen LogP contribution < -0.4 is 11.1 Å². The average Bonchev–Trinajstić information content (AvgIpc) is 2.23. The Labute approximate surface area is 87.4 Å². The van der Waals surface area contributed by atoms with Crippen LogP contribution >= 0.6 is 0 Å². The zero-order chi connectivity index (χ0) is 11.1. The van der Waals surface area contributed by atoms with E-state index in [-0.39, 0.29) is 23.9 Å². The van der Waals surface area contributed by atoms with E-state index in [0.29, 0.717) is 0 Å². The minimum Gasteiger partial charge on any atom is -0.352 e. The number of nitrogens with one attached hydrogen (secondary N) is 1. The predicted octanol–water partition coefficient (Wildman–Crippen LogP) is 1.66. The third-order valence-electron chi connectivity index (χ3n) is 2.89. The van der Waals surface area contributed by atoms with E-state index in [0.717, 1.165) is 19.3 Å². The standard InChI is InChI=1S/C11H24N2O/c1-5-8(4)10(12)11(14)13-9(6-2)7-3/h8-10H,5-7,12H2,1-4H3,(H,13,14). The minimum atomic E-state index is -0.361. The largest absolute Gasteiger partial charge is 0.352 e. The molecule has 0 rings (SSSR count). The van der Waals surface area contributed by atoms with Gasteiger partial charge in [0.1, 0.15) is 0 Å². The van der Waals surface area contributed by atoms with Gasteiger partial charge >= 0.3 is 0 Å². The quantitative estimate of drug-likeness (QED) is 0.685. The number of rotatable bonds is 6. The molecule has 2 unspecified atom stereocenters. The summed E-state index contributed by atoms with van der Waals surface area (Å²) in [5, 5.41) is 2.97. The lowest BCUT2D eigenvalue weighted by atomic mass is 9.99. The molecule has 84 valence electrons. The summed E-state index contributed by atoms with van der Waals surface area (Å²) >= 11 is 0. The van der Waals surface area contributed by atoms with Crippen molar-refractivity contribution < 1.29 is 4.79 Å². The number of carbonyl (C=O) groups is 1. The van der Waals surface area contributed by atoms with Gasteiger partial charge in [0.15, 0.2) is 0 Å². The molecule has 0 aliphatic carbocycles. The highest BCUT2D eigenvalue weighted by molar-refractivity contribution is 5.82. The highest BCUT2D eigenvalue weighted by Gasteiger charge is 2.20. The van der Waals surface area contributed by atoms with Crippen LogP contribution in [-0.2, 0) is 4.79 Å².